The Morgan fingerprint density at radius 2 is 1.71 bits per heavy atom. The minimum absolute atomic E-state index is 0.168. The number of hydrogen-bond acceptors (Lipinski definition) is 2. The van der Waals surface area contributed by atoms with E-state index < -0.39 is 0 Å². The van der Waals surface area contributed by atoms with E-state index in [1.54, 1.807) is 0 Å². The monoisotopic (exact) mass is 235 g/mol. The molecule has 2 heteroatoms. The van der Waals surface area contributed by atoms with Gasteiger partial charge in [0.25, 0.3) is 0 Å². The first-order valence-corrected chi connectivity index (χ1v) is 6.71. The molecule has 0 saturated carbocycles. The molecule has 0 spiro atoms. The van der Waals surface area contributed by atoms with Gasteiger partial charge in [-0.3, -0.25) is 0 Å². The Kier molecular flexibility index (Phi) is 6.71. The fraction of sp³-hybridized carbons (Fsp3) is 0.600. The Morgan fingerprint density at radius 1 is 1.06 bits per heavy atom. The highest BCUT2D eigenvalue weighted by Crippen LogP contribution is 2.18. The Balaban J connectivity index is 2.16. The first-order valence-electron chi connectivity index (χ1n) is 6.71. The standard InChI is InChI=1S/C15H25NO/c1-3-4-5-6-7-12-17-13(2)14-8-10-15(16)11-9-14/h8-11,13H,3-7,12,16H2,1-2H3. The third-order valence-electron chi connectivity index (χ3n) is 3.02. The summed E-state index contributed by atoms with van der Waals surface area (Å²) in [6, 6.07) is 7.93. The zero-order valence-corrected chi connectivity index (χ0v) is 11.1. The number of nitrogens with two attached hydrogens (primary N) is 1. The number of anilines is 1. The number of ether oxygens (including phenoxy) is 1. The van der Waals surface area contributed by atoms with Crippen molar-refractivity contribution in [3.05, 3.63) is 29.8 Å². The number of benzene rings is 1. The van der Waals surface area contributed by atoms with Gasteiger partial charge in [-0.05, 0) is 31.0 Å². The van der Waals surface area contributed by atoms with E-state index in [9.17, 15) is 0 Å². The molecule has 0 aliphatic rings. The van der Waals surface area contributed by atoms with E-state index in [0.717, 1.165) is 12.3 Å². The highest BCUT2D eigenvalue weighted by molar-refractivity contribution is 5.39. The highest BCUT2D eigenvalue weighted by Gasteiger charge is 2.04. The van der Waals surface area contributed by atoms with E-state index >= 15 is 0 Å². The van der Waals surface area contributed by atoms with Crippen molar-refractivity contribution >= 4 is 5.69 Å². The van der Waals surface area contributed by atoms with Gasteiger partial charge in [0.1, 0.15) is 0 Å². The molecule has 0 saturated heterocycles. The van der Waals surface area contributed by atoms with Crippen LogP contribution in [0, 0.1) is 0 Å². The van der Waals surface area contributed by atoms with E-state index in [2.05, 4.69) is 13.8 Å². The molecule has 0 aromatic heterocycles. The second kappa shape index (κ2) is 8.13. The molecule has 0 amide bonds. The Hall–Kier alpha value is -1.02. The lowest BCUT2D eigenvalue weighted by molar-refractivity contribution is 0.0628. The third kappa shape index (κ3) is 5.73. The van der Waals surface area contributed by atoms with Gasteiger partial charge in [0.15, 0.2) is 0 Å². The molecule has 0 radical (unpaired) electrons. The average Bonchev–Trinajstić information content (AvgIpc) is 2.34. The van der Waals surface area contributed by atoms with Crippen molar-refractivity contribution in [3.63, 3.8) is 0 Å². The highest BCUT2D eigenvalue weighted by atomic mass is 16.5. The van der Waals surface area contributed by atoms with E-state index in [-0.39, 0.29) is 6.10 Å². The summed E-state index contributed by atoms with van der Waals surface area (Å²) in [5, 5.41) is 0. The topological polar surface area (TPSA) is 35.2 Å². The molecule has 0 bridgehead atoms. The maximum absolute atomic E-state index is 5.81. The fourth-order valence-corrected chi connectivity index (χ4v) is 1.83. The Labute approximate surface area is 105 Å². The average molecular weight is 235 g/mol. The van der Waals surface area contributed by atoms with Crippen LogP contribution in [0.25, 0.3) is 0 Å². The Morgan fingerprint density at radius 3 is 2.35 bits per heavy atom. The number of hydrogen-bond donors (Lipinski definition) is 1. The second-order valence-corrected chi connectivity index (χ2v) is 4.59. The zero-order chi connectivity index (χ0) is 12.5. The zero-order valence-electron chi connectivity index (χ0n) is 11.1. The molecule has 1 atom stereocenters. The Bertz CT molecular complexity index is 294. The number of rotatable bonds is 8. The molecule has 0 fully saturated rings. The molecular weight excluding hydrogens is 210 g/mol. The summed E-state index contributed by atoms with van der Waals surface area (Å²) in [5.74, 6) is 0. The van der Waals surface area contributed by atoms with Gasteiger partial charge in [0, 0.05) is 12.3 Å². The minimum Gasteiger partial charge on any atom is -0.399 e. The predicted molar refractivity (Wildman–Crippen MR) is 74.0 cm³/mol. The summed E-state index contributed by atoms with van der Waals surface area (Å²) in [6.45, 7) is 5.19. The van der Waals surface area contributed by atoms with Crippen LogP contribution in [-0.4, -0.2) is 6.61 Å². The van der Waals surface area contributed by atoms with Crippen LogP contribution in [0.1, 0.15) is 57.6 Å². The van der Waals surface area contributed by atoms with Crippen molar-refractivity contribution in [2.45, 2.75) is 52.1 Å². The van der Waals surface area contributed by atoms with Crippen molar-refractivity contribution in [2.75, 3.05) is 12.3 Å². The molecule has 1 unspecified atom stereocenters. The van der Waals surface area contributed by atoms with E-state index in [0.29, 0.717) is 0 Å². The van der Waals surface area contributed by atoms with Crippen molar-refractivity contribution in [1.29, 1.82) is 0 Å². The van der Waals surface area contributed by atoms with Gasteiger partial charge in [-0.2, -0.15) is 0 Å². The van der Waals surface area contributed by atoms with Crippen molar-refractivity contribution in [1.82, 2.24) is 0 Å². The van der Waals surface area contributed by atoms with Crippen LogP contribution in [0.3, 0.4) is 0 Å². The SMILES string of the molecule is CCCCCCCOC(C)c1ccc(N)cc1. The molecular formula is C15H25NO. The normalized spacial score (nSPS) is 12.6. The molecule has 0 heterocycles. The van der Waals surface area contributed by atoms with E-state index in [4.69, 9.17) is 10.5 Å². The van der Waals surface area contributed by atoms with Gasteiger partial charge in [0.05, 0.1) is 6.10 Å². The largest absolute Gasteiger partial charge is 0.399 e. The van der Waals surface area contributed by atoms with Gasteiger partial charge < -0.3 is 10.5 Å². The fourth-order valence-electron chi connectivity index (χ4n) is 1.83. The first kappa shape index (κ1) is 14.0. The maximum Gasteiger partial charge on any atom is 0.0796 e. The van der Waals surface area contributed by atoms with Gasteiger partial charge in [0.2, 0.25) is 0 Å². The maximum atomic E-state index is 5.81. The third-order valence-corrected chi connectivity index (χ3v) is 3.02. The summed E-state index contributed by atoms with van der Waals surface area (Å²) in [7, 11) is 0. The lowest BCUT2D eigenvalue weighted by Crippen LogP contribution is -2.02. The molecule has 1 rings (SSSR count). The molecule has 2 N–H and O–H groups in total. The quantitative estimate of drug-likeness (QED) is 0.538. The lowest BCUT2D eigenvalue weighted by atomic mass is 10.1. The molecule has 0 aliphatic heterocycles. The van der Waals surface area contributed by atoms with Gasteiger partial charge in [-0.15, -0.1) is 0 Å². The number of unbranched alkanes of at least 4 members (excludes halogenated alkanes) is 4. The van der Waals surface area contributed by atoms with Crippen LogP contribution in [0.15, 0.2) is 24.3 Å². The van der Waals surface area contributed by atoms with Crippen LogP contribution in [0.4, 0.5) is 5.69 Å². The summed E-state index contributed by atoms with van der Waals surface area (Å²) in [5.41, 5.74) is 7.66. The molecule has 0 aliphatic carbocycles. The van der Waals surface area contributed by atoms with Crippen LogP contribution in [-0.2, 0) is 4.74 Å². The van der Waals surface area contributed by atoms with Crippen LogP contribution in [0.5, 0.6) is 0 Å². The molecule has 1 aromatic carbocycles. The summed E-state index contributed by atoms with van der Waals surface area (Å²) >= 11 is 0. The second-order valence-electron chi connectivity index (χ2n) is 4.59. The summed E-state index contributed by atoms with van der Waals surface area (Å²) in [6.07, 6.45) is 6.58. The van der Waals surface area contributed by atoms with Crippen molar-refractivity contribution in [3.8, 4) is 0 Å². The van der Waals surface area contributed by atoms with E-state index in [1.807, 2.05) is 24.3 Å². The van der Waals surface area contributed by atoms with Crippen LogP contribution in [0.2, 0.25) is 0 Å². The van der Waals surface area contributed by atoms with Crippen LogP contribution >= 0.6 is 0 Å². The number of nitrogen functional groups attached to an aromatic ring is 1. The predicted octanol–water partition coefficient (Wildman–Crippen LogP) is 4.32. The molecule has 1 aromatic rings. The van der Waals surface area contributed by atoms with Gasteiger partial charge in [-0.25, -0.2) is 0 Å². The summed E-state index contributed by atoms with van der Waals surface area (Å²) < 4.78 is 5.81. The summed E-state index contributed by atoms with van der Waals surface area (Å²) in [4.78, 5) is 0. The first-order chi connectivity index (χ1) is 8.24. The van der Waals surface area contributed by atoms with Gasteiger partial charge in [-0.1, -0.05) is 44.7 Å². The van der Waals surface area contributed by atoms with E-state index in [1.165, 1.54) is 37.7 Å². The van der Waals surface area contributed by atoms with Crippen molar-refractivity contribution < 1.29 is 4.74 Å². The van der Waals surface area contributed by atoms with Crippen LogP contribution < -0.4 is 5.73 Å². The minimum atomic E-state index is 0.168. The molecule has 17 heavy (non-hydrogen) atoms. The van der Waals surface area contributed by atoms with Gasteiger partial charge >= 0.3 is 0 Å². The lowest BCUT2D eigenvalue weighted by Gasteiger charge is -2.13. The molecule has 96 valence electrons. The van der Waals surface area contributed by atoms with Crippen molar-refractivity contribution in [2.24, 2.45) is 0 Å². The molecule has 2 nitrogen and oxygen atoms in total. The smallest absolute Gasteiger partial charge is 0.0796 e.